The van der Waals surface area contributed by atoms with Crippen LogP contribution in [0.25, 0.3) is 0 Å². The standard InChI is InChI=1S/C19H29N3O2/c1-14-6-15(2)8-16(7-14)9-21-4-5-22-11-17(19(23)24)10-20(3)12-18(22)13-21/h6-8,17-18H,4-5,9-13H2,1-3H3,(H,23,24)/t17-,18-/m0/s1. The number of hydrogen-bond acceptors (Lipinski definition) is 4. The molecule has 1 aromatic rings. The molecule has 1 N–H and O–H groups in total. The lowest BCUT2D eigenvalue weighted by atomic mass is 10.1. The highest BCUT2D eigenvalue weighted by Gasteiger charge is 2.35. The van der Waals surface area contributed by atoms with Crippen molar-refractivity contribution in [2.45, 2.75) is 26.4 Å². The molecule has 2 fully saturated rings. The Morgan fingerprint density at radius 2 is 1.79 bits per heavy atom. The first-order chi connectivity index (χ1) is 11.4. The molecule has 132 valence electrons. The fraction of sp³-hybridized carbons (Fsp3) is 0.632. The minimum Gasteiger partial charge on any atom is -0.481 e. The summed E-state index contributed by atoms with van der Waals surface area (Å²) >= 11 is 0. The highest BCUT2D eigenvalue weighted by atomic mass is 16.4. The van der Waals surface area contributed by atoms with Crippen LogP contribution in [0.4, 0.5) is 0 Å². The molecule has 0 amide bonds. The molecule has 2 heterocycles. The molecule has 5 heteroatoms. The number of carboxylic acids is 1. The van der Waals surface area contributed by atoms with Crippen LogP contribution in [-0.2, 0) is 11.3 Å². The molecule has 24 heavy (non-hydrogen) atoms. The molecule has 5 nitrogen and oxygen atoms in total. The first-order valence-electron chi connectivity index (χ1n) is 8.85. The van der Waals surface area contributed by atoms with E-state index in [2.05, 4.69) is 46.7 Å². The number of hydrogen-bond donors (Lipinski definition) is 1. The first-order valence-corrected chi connectivity index (χ1v) is 8.85. The van der Waals surface area contributed by atoms with E-state index in [0.29, 0.717) is 19.1 Å². The lowest BCUT2D eigenvalue weighted by Crippen LogP contribution is -2.55. The van der Waals surface area contributed by atoms with Gasteiger partial charge in [-0.2, -0.15) is 0 Å². The van der Waals surface area contributed by atoms with E-state index in [1.807, 2.05) is 7.05 Å². The number of rotatable bonds is 3. The zero-order valence-electron chi connectivity index (χ0n) is 15.0. The van der Waals surface area contributed by atoms with E-state index in [4.69, 9.17) is 0 Å². The lowest BCUT2D eigenvalue weighted by molar-refractivity contribution is -0.142. The Kier molecular flexibility index (Phi) is 5.23. The summed E-state index contributed by atoms with van der Waals surface area (Å²) in [5, 5.41) is 9.41. The zero-order valence-corrected chi connectivity index (χ0v) is 15.0. The van der Waals surface area contributed by atoms with Crippen LogP contribution in [0, 0.1) is 19.8 Å². The van der Waals surface area contributed by atoms with Gasteiger partial charge in [0.1, 0.15) is 0 Å². The maximum atomic E-state index is 11.4. The number of fused-ring (bicyclic) bond motifs is 1. The van der Waals surface area contributed by atoms with E-state index in [9.17, 15) is 9.90 Å². The van der Waals surface area contributed by atoms with E-state index in [1.165, 1.54) is 16.7 Å². The van der Waals surface area contributed by atoms with Gasteiger partial charge in [0.25, 0.3) is 0 Å². The number of aliphatic carboxylic acids is 1. The molecule has 0 aliphatic carbocycles. The van der Waals surface area contributed by atoms with Gasteiger partial charge in [0.05, 0.1) is 5.92 Å². The van der Waals surface area contributed by atoms with Crippen molar-refractivity contribution in [3.8, 4) is 0 Å². The van der Waals surface area contributed by atoms with Gasteiger partial charge in [-0.3, -0.25) is 14.6 Å². The van der Waals surface area contributed by atoms with Gasteiger partial charge in [-0.05, 0) is 26.5 Å². The summed E-state index contributed by atoms with van der Waals surface area (Å²) in [7, 11) is 2.04. The summed E-state index contributed by atoms with van der Waals surface area (Å²) in [5.41, 5.74) is 4.02. The van der Waals surface area contributed by atoms with Crippen LogP contribution < -0.4 is 0 Å². The van der Waals surface area contributed by atoms with Crippen molar-refractivity contribution in [1.29, 1.82) is 0 Å². The third-order valence-corrected chi connectivity index (χ3v) is 5.24. The number of piperazine rings is 1. The van der Waals surface area contributed by atoms with Gasteiger partial charge in [-0.25, -0.2) is 0 Å². The van der Waals surface area contributed by atoms with E-state index in [-0.39, 0.29) is 5.92 Å². The lowest BCUT2D eigenvalue weighted by Gasteiger charge is -2.41. The number of carbonyl (C=O) groups is 1. The van der Waals surface area contributed by atoms with Crippen LogP contribution in [0.1, 0.15) is 16.7 Å². The van der Waals surface area contributed by atoms with E-state index in [1.54, 1.807) is 0 Å². The van der Waals surface area contributed by atoms with Crippen molar-refractivity contribution in [2.75, 3.05) is 46.3 Å². The predicted molar refractivity (Wildman–Crippen MR) is 95.2 cm³/mol. The average Bonchev–Trinajstić information content (AvgIpc) is 2.63. The molecule has 0 unspecified atom stereocenters. The minimum atomic E-state index is -0.667. The molecular weight excluding hydrogens is 302 g/mol. The Bertz CT molecular complexity index is 584. The quantitative estimate of drug-likeness (QED) is 0.908. The average molecular weight is 331 g/mol. The number of benzene rings is 1. The molecule has 0 spiro atoms. The van der Waals surface area contributed by atoms with Crippen molar-refractivity contribution >= 4 is 5.97 Å². The predicted octanol–water partition coefficient (Wildman–Crippen LogP) is 1.44. The second-order valence-corrected chi connectivity index (χ2v) is 7.64. The van der Waals surface area contributed by atoms with Crippen LogP contribution in [0.15, 0.2) is 18.2 Å². The molecule has 0 radical (unpaired) electrons. The molecule has 2 saturated heterocycles. The highest BCUT2D eigenvalue weighted by molar-refractivity contribution is 5.70. The molecule has 0 aromatic heterocycles. The van der Waals surface area contributed by atoms with Crippen molar-refractivity contribution in [3.05, 3.63) is 34.9 Å². The van der Waals surface area contributed by atoms with Crippen LogP contribution in [0.2, 0.25) is 0 Å². The van der Waals surface area contributed by atoms with Gasteiger partial charge in [-0.1, -0.05) is 29.3 Å². The second-order valence-electron chi connectivity index (χ2n) is 7.64. The zero-order chi connectivity index (χ0) is 17.3. The molecule has 2 aliphatic heterocycles. The molecule has 0 bridgehead atoms. The fourth-order valence-electron chi connectivity index (χ4n) is 4.24. The van der Waals surface area contributed by atoms with Gasteiger partial charge in [0.2, 0.25) is 0 Å². The maximum absolute atomic E-state index is 11.4. The van der Waals surface area contributed by atoms with Crippen LogP contribution in [0.3, 0.4) is 0 Å². The first kappa shape index (κ1) is 17.4. The van der Waals surface area contributed by atoms with Gasteiger partial charge in [0.15, 0.2) is 0 Å². The number of carboxylic acid groups (broad SMARTS) is 1. The maximum Gasteiger partial charge on any atom is 0.309 e. The Hall–Kier alpha value is -1.43. The Balaban J connectivity index is 1.66. The topological polar surface area (TPSA) is 47.0 Å². The summed E-state index contributed by atoms with van der Waals surface area (Å²) in [6.07, 6.45) is 0. The molecule has 1 aromatic carbocycles. The number of aryl methyl sites for hydroxylation is 2. The minimum absolute atomic E-state index is 0.272. The summed E-state index contributed by atoms with van der Waals surface area (Å²) in [6, 6.07) is 7.20. The third-order valence-electron chi connectivity index (χ3n) is 5.24. The SMILES string of the molecule is Cc1cc(C)cc(CN2CCN3C[C@@H](C(=O)O)CN(C)C[C@H]3C2)c1. The summed E-state index contributed by atoms with van der Waals surface area (Å²) in [5.74, 6) is -0.939. The Morgan fingerprint density at radius 1 is 1.08 bits per heavy atom. The van der Waals surface area contributed by atoms with Crippen molar-refractivity contribution in [2.24, 2.45) is 5.92 Å². The second kappa shape index (κ2) is 7.21. The Morgan fingerprint density at radius 3 is 2.46 bits per heavy atom. The van der Waals surface area contributed by atoms with Gasteiger partial charge >= 0.3 is 5.97 Å². The summed E-state index contributed by atoms with van der Waals surface area (Å²) in [4.78, 5) is 18.5. The fourth-order valence-corrected chi connectivity index (χ4v) is 4.24. The number of likely N-dealkylation sites (N-methyl/N-ethyl adjacent to an activating group) is 1. The summed E-state index contributed by atoms with van der Waals surface area (Å²) < 4.78 is 0. The van der Waals surface area contributed by atoms with Gasteiger partial charge < -0.3 is 10.0 Å². The normalized spacial score (nSPS) is 26.8. The summed E-state index contributed by atoms with van der Waals surface area (Å²) in [6.45, 7) is 10.6. The molecule has 2 atom stereocenters. The third kappa shape index (κ3) is 4.15. The molecule has 0 saturated carbocycles. The highest BCUT2D eigenvalue weighted by Crippen LogP contribution is 2.20. The smallest absolute Gasteiger partial charge is 0.309 e. The van der Waals surface area contributed by atoms with Gasteiger partial charge in [-0.15, -0.1) is 0 Å². The molecular formula is C19H29N3O2. The Labute approximate surface area is 144 Å². The van der Waals surface area contributed by atoms with Crippen LogP contribution >= 0.6 is 0 Å². The number of nitrogens with zero attached hydrogens (tertiary/aromatic N) is 3. The van der Waals surface area contributed by atoms with E-state index >= 15 is 0 Å². The van der Waals surface area contributed by atoms with Crippen molar-refractivity contribution < 1.29 is 9.90 Å². The van der Waals surface area contributed by atoms with Crippen molar-refractivity contribution in [1.82, 2.24) is 14.7 Å². The van der Waals surface area contributed by atoms with E-state index < -0.39 is 5.97 Å². The van der Waals surface area contributed by atoms with Gasteiger partial charge in [0, 0.05) is 51.9 Å². The monoisotopic (exact) mass is 331 g/mol. The largest absolute Gasteiger partial charge is 0.481 e. The van der Waals surface area contributed by atoms with Crippen LogP contribution in [0.5, 0.6) is 0 Å². The molecule has 3 rings (SSSR count). The van der Waals surface area contributed by atoms with Crippen LogP contribution in [-0.4, -0.2) is 78.1 Å². The van der Waals surface area contributed by atoms with E-state index in [0.717, 1.165) is 32.7 Å². The molecule has 2 aliphatic rings. The van der Waals surface area contributed by atoms with Crippen molar-refractivity contribution in [3.63, 3.8) is 0 Å².